The molecule has 0 bridgehead atoms. The van der Waals surface area contributed by atoms with Crippen molar-refractivity contribution in [2.75, 3.05) is 4.90 Å². The Balaban J connectivity index is 1.45. The van der Waals surface area contributed by atoms with E-state index in [1.54, 1.807) is 0 Å². The summed E-state index contributed by atoms with van der Waals surface area (Å²) in [5.41, 5.74) is 10.5. The highest BCUT2D eigenvalue weighted by molar-refractivity contribution is 5.78. The SMILES string of the molecule is CCC(O)Oc1ccc(C(C)(C)c2ccc(N(c3ccc(C)cc3)c3ccc(-c4ccc(C)cc4)cc3)cc2)cc1. The molecular formula is C38H39NO2. The van der Waals surface area contributed by atoms with Gasteiger partial charge >= 0.3 is 0 Å². The Morgan fingerprint density at radius 3 is 1.41 bits per heavy atom. The van der Waals surface area contributed by atoms with Crippen molar-refractivity contribution in [3.05, 3.63) is 144 Å². The molecule has 0 aliphatic heterocycles. The first kappa shape index (κ1) is 28.2. The molecule has 0 fully saturated rings. The quantitative estimate of drug-likeness (QED) is 0.189. The molecular weight excluding hydrogens is 502 g/mol. The fourth-order valence-electron chi connectivity index (χ4n) is 5.07. The van der Waals surface area contributed by atoms with Crippen molar-refractivity contribution in [3.8, 4) is 16.9 Å². The summed E-state index contributed by atoms with van der Waals surface area (Å²) in [6.07, 6.45) is -0.229. The highest BCUT2D eigenvalue weighted by atomic mass is 16.6. The van der Waals surface area contributed by atoms with Gasteiger partial charge in [0.05, 0.1) is 0 Å². The summed E-state index contributed by atoms with van der Waals surface area (Å²) in [5, 5.41) is 9.82. The van der Waals surface area contributed by atoms with Gasteiger partial charge in [-0.2, -0.15) is 0 Å². The number of aryl methyl sites for hydroxylation is 2. The number of nitrogens with zero attached hydrogens (tertiary/aromatic N) is 1. The number of rotatable bonds is 9. The molecule has 3 heteroatoms. The van der Waals surface area contributed by atoms with Gasteiger partial charge in [0.1, 0.15) is 5.75 Å². The molecule has 0 aliphatic carbocycles. The Hall–Kier alpha value is -4.34. The minimum atomic E-state index is -0.781. The van der Waals surface area contributed by atoms with Crippen molar-refractivity contribution in [1.29, 1.82) is 0 Å². The van der Waals surface area contributed by atoms with E-state index in [0.29, 0.717) is 12.2 Å². The summed E-state index contributed by atoms with van der Waals surface area (Å²) >= 11 is 0. The lowest BCUT2D eigenvalue weighted by atomic mass is 9.78. The summed E-state index contributed by atoms with van der Waals surface area (Å²) in [6, 6.07) is 43.1. The highest BCUT2D eigenvalue weighted by Crippen LogP contribution is 2.38. The number of aliphatic hydroxyl groups is 1. The molecule has 0 aromatic heterocycles. The van der Waals surface area contributed by atoms with E-state index in [9.17, 15) is 5.11 Å². The predicted octanol–water partition coefficient (Wildman–Crippen LogP) is 9.87. The largest absolute Gasteiger partial charge is 0.465 e. The Morgan fingerprint density at radius 2 is 0.951 bits per heavy atom. The monoisotopic (exact) mass is 541 g/mol. The Bertz CT molecular complexity index is 1550. The maximum absolute atomic E-state index is 9.82. The molecule has 0 aliphatic rings. The molecule has 1 N–H and O–H groups in total. The molecule has 208 valence electrons. The Morgan fingerprint density at radius 1 is 0.585 bits per heavy atom. The van der Waals surface area contributed by atoms with E-state index in [0.717, 1.165) is 17.1 Å². The first-order valence-electron chi connectivity index (χ1n) is 14.3. The molecule has 0 spiro atoms. The van der Waals surface area contributed by atoms with E-state index < -0.39 is 6.29 Å². The van der Waals surface area contributed by atoms with Crippen LogP contribution in [-0.4, -0.2) is 11.4 Å². The van der Waals surface area contributed by atoms with Crippen LogP contribution in [0.15, 0.2) is 121 Å². The summed E-state index contributed by atoms with van der Waals surface area (Å²) in [5.74, 6) is 0.677. The lowest BCUT2D eigenvalue weighted by Crippen LogP contribution is -2.19. The van der Waals surface area contributed by atoms with E-state index in [4.69, 9.17) is 4.74 Å². The molecule has 5 rings (SSSR count). The number of hydrogen-bond acceptors (Lipinski definition) is 3. The predicted molar refractivity (Wildman–Crippen MR) is 172 cm³/mol. The van der Waals surface area contributed by atoms with Gasteiger partial charge in [-0.25, -0.2) is 0 Å². The average molecular weight is 542 g/mol. The van der Waals surface area contributed by atoms with Gasteiger partial charge in [0, 0.05) is 28.9 Å². The second-order valence-corrected chi connectivity index (χ2v) is 11.3. The second kappa shape index (κ2) is 12.0. The van der Waals surface area contributed by atoms with Gasteiger partial charge in [-0.05, 0) is 84.6 Å². The van der Waals surface area contributed by atoms with Crippen LogP contribution >= 0.6 is 0 Å². The third-order valence-corrected chi connectivity index (χ3v) is 7.85. The number of anilines is 3. The van der Waals surface area contributed by atoms with Crippen molar-refractivity contribution >= 4 is 17.1 Å². The van der Waals surface area contributed by atoms with Crippen LogP contribution in [0.5, 0.6) is 5.75 Å². The minimum absolute atomic E-state index is 0.204. The van der Waals surface area contributed by atoms with Crippen LogP contribution in [0, 0.1) is 13.8 Å². The number of hydrogen-bond donors (Lipinski definition) is 1. The first-order valence-corrected chi connectivity index (χ1v) is 14.3. The normalized spacial score (nSPS) is 12.1. The molecule has 1 unspecified atom stereocenters. The van der Waals surface area contributed by atoms with Crippen LogP contribution in [0.3, 0.4) is 0 Å². The molecule has 41 heavy (non-hydrogen) atoms. The molecule has 0 saturated heterocycles. The maximum atomic E-state index is 9.82. The zero-order valence-electron chi connectivity index (χ0n) is 24.6. The fourth-order valence-corrected chi connectivity index (χ4v) is 5.07. The number of aliphatic hydroxyl groups excluding tert-OH is 1. The van der Waals surface area contributed by atoms with Crippen LogP contribution < -0.4 is 9.64 Å². The third-order valence-electron chi connectivity index (χ3n) is 7.85. The van der Waals surface area contributed by atoms with Crippen LogP contribution in [0.25, 0.3) is 11.1 Å². The van der Waals surface area contributed by atoms with Crippen molar-refractivity contribution < 1.29 is 9.84 Å². The molecule has 0 saturated carbocycles. The molecule has 0 amide bonds. The smallest absolute Gasteiger partial charge is 0.197 e. The van der Waals surface area contributed by atoms with Crippen LogP contribution in [0.1, 0.15) is 49.4 Å². The average Bonchev–Trinajstić information content (AvgIpc) is 2.99. The molecule has 1 atom stereocenters. The van der Waals surface area contributed by atoms with E-state index >= 15 is 0 Å². The van der Waals surface area contributed by atoms with E-state index in [1.807, 2.05) is 19.1 Å². The van der Waals surface area contributed by atoms with E-state index in [-0.39, 0.29) is 5.41 Å². The molecule has 5 aromatic carbocycles. The molecule has 5 aromatic rings. The second-order valence-electron chi connectivity index (χ2n) is 11.3. The summed E-state index contributed by atoms with van der Waals surface area (Å²) in [7, 11) is 0. The van der Waals surface area contributed by atoms with Gasteiger partial charge in [-0.3, -0.25) is 0 Å². The standard InChI is InChI=1S/C38H39NO2/c1-6-37(40)41-36-25-17-32(18-26-36)38(4,5)31-15-23-35(24-16-31)39(33-19-9-28(3)10-20-33)34-21-13-30(14-22-34)29-11-7-27(2)8-12-29/h7-26,37,40H,6H2,1-5H3. The zero-order chi connectivity index (χ0) is 29.0. The number of benzene rings is 5. The Labute approximate surface area is 244 Å². The highest BCUT2D eigenvalue weighted by Gasteiger charge is 2.24. The fraction of sp³-hybridized carbons (Fsp3) is 0.211. The lowest BCUT2D eigenvalue weighted by molar-refractivity contribution is -0.0191. The van der Waals surface area contributed by atoms with Gasteiger partial charge in [0.2, 0.25) is 0 Å². The summed E-state index contributed by atoms with van der Waals surface area (Å²) < 4.78 is 5.56. The van der Waals surface area contributed by atoms with Gasteiger partial charge in [0.15, 0.2) is 6.29 Å². The van der Waals surface area contributed by atoms with Crippen molar-refractivity contribution in [2.45, 2.75) is 52.7 Å². The third kappa shape index (κ3) is 6.37. The molecule has 0 radical (unpaired) electrons. The lowest BCUT2D eigenvalue weighted by Gasteiger charge is -2.29. The van der Waals surface area contributed by atoms with Crippen LogP contribution in [0.2, 0.25) is 0 Å². The summed E-state index contributed by atoms with van der Waals surface area (Å²) in [6.45, 7) is 10.6. The van der Waals surface area contributed by atoms with E-state index in [2.05, 4.69) is 142 Å². The van der Waals surface area contributed by atoms with Gasteiger partial charge in [-0.1, -0.05) is 105 Å². The summed E-state index contributed by atoms with van der Waals surface area (Å²) in [4.78, 5) is 2.31. The molecule has 3 nitrogen and oxygen atoms in total. The number of ether oxygens (including phenoxy) is 1. The van der Waals surface area contributed by atoms with Crippen LogP contribution in [0.4, 0.5) is 17.1 Å². The topological polar surface area (TPSA) is 32.7 Å². The molecule has 0 heterocycles. The van der Waals surface area contributed by atoms with Gasteiger partial charge < -0.3 is 14.7 Å². The van der Waals surface area contributed by atoms with Crippen LogP contribution in [-0.2, 0) is 5.41 Å². The first-order chi connectivity index (χ1) is 19.7. The Kier molecular flexibility index (Phi) is 8.28. The minimum Gasteiger partial charge on any atom is -0.465 e. The van der Waals surface area contributed by atoms with Crippen molar-refractivity contribution in [3.63, 3.8) is 0 Å². The zero-order valence-corrected chi connectivity index (χ0v) is 24.6. The van der Waals surface area contributed by atoms with Gasteiger partial charge in [-0.15, -0.1) is 0 Å². The van der Waals surface area contributed by atoms with Gasteiger partial charge in [0.25, 0.3) is 0 Å². The van der Waals surface area contributed by atoms with Crippen molar-refractivity contribution in [1.82, 2.24) is 0 Å². The van der Waals surface area contributed by atoms with E-state index in [1.165, 1.54) is 33.4 Å². The maximum Gasteiger partial charge on any atom is 0.197 e. The van der Waals surface area contributed by atoms with Crippen molar-refractivity contribution in [2.24, 2.45) is 0 Å².